The van der Waals surface area contributed by atoms with Crippen LogP contribution in [0.2, 0.25) is 0 Å². The van der Waals surface area contributed by atoms with E-state index >= 15 is 0 Å². The zero-order valence-electron chi connectivity index (χ0n) is 8.11. The van der Waals surface area contributed by atoms with Crippen molar-refractivity contribution in [3.05, 3.63) is 0 Å². The Morgan fingerprint density at radius 1 is 0.857 bits per heavy atom. The molecule has 0 bridgehead atoms. The average molecular weight is 203 g/mol. The summed E-state index contributed by atoms with van der Waals surface area (Å²) in [5, 5.41) is 38.0. The Labute approximate surface area is 82.6 Å². The molecule has 0 aromatic rings. The number of nitrogens with zero attached hydrogens (tertiary/aromatic N) is 1. The van der Waals surface area contributed by atoms with Crippen molar-refractivity contribution < 1.29 is 20.4 Å². The zero-order chi connectivity index (χ0) is 10.5. The van der Waals surface area contributed by atoms with E-state index in [0.717, 1.165) is 13.0 Å². The first-order valence-corrected chi connectivity index (χ1v) is 5.07. The molecule has 2 rings (SSSR count). The van der Waals surface area contributed by atoms with E-state index in [4.69, 9.17) is 0 Å². The van der Waals surface area contributed by atoms with E-state index in [9.17, 15) is 20.4 Å². The van der Waals surface area contributed by atoms with Gasteiger partial charge >= 0.3 is 0 Å². The van der Waals surface area contributed by atoms with E-state index in [2.05, 4.69) is 0 Å². The summed E-state index contributed by atoms with van der Waals surface area (Å²) < 4.78 is 0. The first-order valence-electron chi connectivity index (χ1n) is 5.07. The first kappa shape index (κ1) is 10.3. The molecule has 1 aliphatic heterocycles. The van der Waals surface area contributed by atoms with Crippen LogP contribution in [0, 0.1) is 0 Å². The molecule has 2 fully saturated rings. The minimum absolute atomic E-state index is 0.177. The number of aliphatic hydroxyl groups excluding tert-OH is 4. The van der Waals surface area contributed by atoms with Crippen LogP contribution >= 0.6 is 0 Å². The Morgan fingerprint density at radius 3 is 1.64 bits per heavy atom. The van der Waals surface area contributed by atoms with Crippen LogP contribution in [0.5, 0.6) is 0 Å². The molecule has 4 N–H and O–H groups in total. The molecule has 0 amide bonds. The van der Waals surface area contributed by atoms with Crippen molar-refractivity contribution in [3.63, 3.8) is 0 Å². The molecule has 1 saturated carbocycles. The highest BCUT2D eigenvalue weighted by atomic mass is 16.4. The molecule has 6 atom stereocenters. The van der Waals surface area contributed by atoms with Gasteiger partial charge in [0, 0.05) is 0 Å². The molecule has 1 heterocycles. The maximum absolute atomic E-state index is 9.61. The van der Waals surface area contributed by atoms with Crippen molar-refractivity contribution in [2.24, 2.45) is 0 Å². The maximum Gasteiger partial charge on any atom is 0.110 e. The topological polar surface area (TPSA) is 83.9 Å². The van der Waals surface area contributed by atoms with Gasteiger partial charge in [0.15, 0.2) is 0 Å². The number of rotatable bonds is 2. The van der Waals surface area contributed by atoms with Gasteiger partial charge in [0.2, 0.25) is 0 Å². The molecular formula is C9H17NO4. The highest BCUT2D eigenvalue weighted by Gasteiger charge is 2.63. The number of fused-ring (bicyclic) bond motifs is 1. The fourth-order valence-corrected chi connectivity index (χ4v) is 2.48. The van der Waals surface area contributed by atoms with Gasteiger partial charge in [0.05, 0.1) is 24.3 Å². The predicted molar refractivity (Wildman–Crippen MR) is 48.6 cm³/mol. The summed E-state index contributed by atoms with van der Waals surface area (Å²) in [4.78, 5) is 1.93. The predicted octanol–water partition coefficient (Wildman–Crippen LogP) is -2.09. The number of hydrogen-bond acceptors (Lipinski definition) is 5. The molecule has 82 valence electrons. The van der Waals surface area contributed by atoms with Crippen molar-refractivity contribution in [1.29, 1.82) is 0 Å². The van der Waals surface area contributed by atoms with E-state index in [1.165, 1.54) is 0 Å². The normalized spacial score (nSPS) is 56.8. The Balaban J connectivity index is 2.08. The van der Waals surface area contributed by atoms with Gasteiger partial charge in [0.25, 0.3) is 0 Å². The zero-order valence-corrected chi connectivity index (χ0v) is 8.11. The molecule has 14 heavy (non-hydrogen) atoms. The van der Waals surface area contributed by atoms with Crippen LogP contribution in [0.4, 0.5) is 0 Å². The van der Waals surface area contributed by atoms with Crippen LogP contribution in [0.15, 0.2) is 0 Å². The quantitative estimate of drug-likeness (QED) is 0.387. The van der Waals surface area contributed by atoms with Crippen LogP contribution in [0.3, 0.4) is 0 Å². The lowest BCUT2D eigenvalue weighted by Crippen LogP contribution is -2.53. The van der Waals surface area contributed by atoms with E-state index in [1.54, 1.807) is 0 Å². The fourth-order valence-electron chi connectivity index (χ4n) is 2.48. The summed E-state index contributed by atoms with van der Waals surface area (Å²) in [5.74, 6) is 0. The highest BCUT2D eigenvalue weighted by Crippen LogP contribution is 2.40. The second kappa shape index (κ2) is 3.43. The summed E-state index contributed by atoms with van der Waals surface area (Å²) in [6.07, 6.45) is -3.41. The second-order valence-corrected chi connectivity index (χ2v) is 4.18. The van der Waals surface area contributed by atoms with E-state index < -0.39 is 24.4 Å². The van der Waals surface area contributed by atoms with Gasteiger partial charge in [-0.25, -0.2) is 0 Å². The Kier molecular flexibility index (Phi) is 2.53. The largest absolute Gasteiger partial charge is 0.389 e. The molecule has 2 aliphatic rings. The second-order valence-electron chi connectivity index (χ2n) is 4.18. The lowest BCUT2D eigenvalue weighted by Gasteiger charge is -2.30. The molecule has 0 aromatic heterocycles. The molecule has 0 aromatic carbocycles. The molecule has 2 unspecified atom stereocenters. The SMILES string of the molecule is CCCN1C2C1[C@H](O)[C@@H](O)[C@H](O)[C@H]2O. The van der Waals surface area contributed by atoms with E-state index in [-0.39, 0.29) is 12.1 Å². The molecule has 0 radical (unpaired) electrons. The smallest absolute Gasteiger partial charge is 0.110 e. The Bertz CT molecular complexity index is 205. The third kappa shape index (κ3) is 1.28. The Morgan fingerprint density at radius 2 is 1.29 bits per heavy atom. The minimum atomic E-state index is -1.23. The highest BCUT2D eigenvalue weighted by molar-refractivity contribution is 5.17. The summed E-state index contributed by atoms with van der Waals surface area (Å²) in [6, 6.07) is -0.355. The van der Waals surface area contributed by atoms with Gasteiger partial charge in [-0.3, -0.25) is 4.90 Å². The number of hydrogen-bond donors (Lipinski definition) is 4. The molecule has 1 saturated heterocycles. The van der Waals surface area contributed by atoms with Gasteiger partial charge in [-0.1, -0.05) is 6.92 Å². The van der Waals surface area contributed by atoms with Crippen molar-refractivity contribution >= 4 is 0 Å². The van der Waals surface area contributed by atoms with Gasteiger partial charge < -0.3 is 20.4 Å². The first-order chi connectivity index (χ1) is 6.59. The molecular weight excluding hydrogens is 186 g/mol. The van der Waals surface area contributed by atoms with Crippen LogP contribution in [-0.2, 0) is 0 Å². The molecule has 1 aliphatic carbocycles. The van der Waals surface area contributed by atoms with Crippen LogP contribution in [0.1, 0.15) is 13.3 Å². The summed E-state index contributed by atoms with van der Waals surface area (Å²) in [6.45, 7) is 2.79. The maximum atomic E-state index is 9.61. The van der Waals surface area contributed by atoms with Crippen LogP contribution in [0.25, 0.3) is 0 Å². The van der Waals surface area contributed by atoms with Gasteiger partial charge in [-0.2, -0.15) is 0 Å². The van der Waals surface area contributed by atoms with Crippen molar-refractivity contribution in [1.82, 2.24) is 4.90 Å². The average Bonchev–Trinajstić information content (AvgIpc) is 2.87. The molecule has 0 spiro atoms. The van der Waals surface area contributed by atoms with E-state index in [0.29, 0.717) is 0 Å². The van der Waals surface area contributed by atoms with Crippen molar-refractivity contribution in [2.75, 3.05) is 6.54 Å². The summed E-state index contributed by atoms with van der Waals surface area (Å²) >= 11 is 0. The molecule has 5 nitrogen and oxygen atoms in total. The van der Waals surface area contributed by atoms with Gasteiger partial charge in [-0.15, -0.1) is 0 Å². The lowest BCUT2D eigenvalue weighted by atomic mass is 9.90. The summed E-state index contributed by atoms with van der Waals surface area (Å²) in [5.41, 5.74) is 0. The standard InChI is InChI=1S/C9H17NO4/c1-2-3-10-4-5(10)7(12)9(14)8(13)6(4)11/h4-9,11-14H,2-3H2,1H3/t4?,5?,6-,7-,8+,9+,10?/m0/s1. The summed E-state index contributed by atoms with van der Waals surface area (Å²) in [7, 11) is 0. The van der Waals surface area contributed by atoms with Gasteiger partial charge in [-0.05, 0) is 13.0 Å². The molecule has 5 heteroatoms. The van der Waals surface area contributed by atoms with E-state index in [1.807, 2.05) is 11.8 Å². The van der Waals surface area contributed by atoms with Crippen molar-refractivity contribution in [2.45, 2.75) is 49.8 Å². The number of aliphatic hydroxyl groups is 4. The lowest BCUT2D eigenvalue weighted by molar-refractivity contribution is -0.121. The Hall–Kier alpha value is -0.200. The third-order valence-corrected chi connectivity index (χ3v) is 3.26. The van der Waals surface area contributed by atoms with Crippen LogP contribution in [-0.4, -0.2) is 68.4 Å². The minimum Gasteiger partial charge on any atom is -0.389 e. The van der Waals surface area contributed by atoms with Crippen molar-refractivity contribution in [3.8, 4) is 0 Å². The monoisotopic (exact) mass is 203 g/mol. The third-order valence-electron chi connectivity index (χ3n) is 3.26. The number of likely N-dealkylation sites (tertiary alicyclic amines) is 1. The van der Waals surface area contributed by atoms with Crippen LogP contribution < -0.4 is 0 Å². The fraction of sp³-hybridized carbons (Fsp3) is 1.00. The van der Waals surface area contributed by atoms with Gasteiger partial charge in [0.1, 0.15) is 12.2 Å².